The molecule has 0 bridgehead atoms. The van der Waals surface area contributed by atoms with Crippen LogP contribution in [0, 0.1) is 0 Å². The first-order valence-corrected chi connectivity index (χ1v) is 7.90. The minimum atomic E-state index is -0.164. The molecular weight excluding hydrogens is 342 g/mol. The maximum atomic E-state index is 12.3. The van der Waals surface area contributed by atoms with Gasteiger partial charge in [-0.15, -0.1) is 0 Å². The number of halogens is 1. The van der Waals surface area contributed by atoms with E-state index in [0.717, 1.165) is 15.8 Å². The fourth-order valence-corrected chi connectivity index (χ4v) is 2.65. The van der Waals surface area contributed by atoms with Crippen molar-refractivity contribution < 1.29 is 9.53 Å². The molecule has 1 N–H and O–H groups in total. The first-order valence-electron chi connectivity index (χ1n) is 7.11. The average Bonchev–Trinajstić information content (AvgIpc) is 2.53. The molecule has 0 aromatic heterocycles. The summed E-state index contributed by atoms with van der Waals surface area (Å²) in [6.07, 6.45) is 0. The van der Waals surface area contributed by atoms with Crippen LogP contribution < -0.4 is 10.1 Å². The number of hydrogen-bond donors (Lipinski definition) is 1. The summed E-state index contributed by atoms with van der Waals surface area (Å²) in [6, 6.07) is 15.4. The number of benzene rings is 2. The Hall–Kier alpha value is -1.81. The number of methoxy groups -OCH3 is 1. The summed E-state index contributed by atoms with van der Waals surface area (Å²) in [5, 5.41) is 3.01. The summed E-state index contributed by atoms with van der Waals surface area (Å²) in [7, 11) is 1.65. The van der Waals surface area contributed by atoms with Gasteiger partial charge in [0.1, 0.15) is 5.75 Å². The highest BCUT2D eigenvalue weighted by atomic mass is 79.9. The van der Waals surface area contributed by atoms with Crippen LogP contribution in [0.3, 0.4) is 0 Å². The summed E-state index contributed by atoms with van der Waals surface area (Å²) in [5.74, 6) is 0.755. The molecular formula is C18H20BrNO2. The van der Waals surface area contributed by atoms with Crippen molar-refractivity contribution in [1.29, 1.82) is 0 Å². The van der Waals surface area contributed by atoms with Gasteiger partial charge in [0.05, 0.1) is 12.7 Å². The molecule has 22 heavy (non-hydrogen) atoms. The number of carbonyl (C=O) groups excluding carboxylic acids is 1. The standard InChI is InChI=1S/C18H20BrNO2/c1-18(2,13-8-10-14(22-3)11-9-13)12-20-17(21)15-6-4-5-7-16(15)19/h4-11H,12H2,1-3H3,(H,20,21). The molecule has 2 aromatic rings. The number of carbonyl (C=O) groups is 1. The van der Waals surface area contributed by atoms with E-state index in [1.807, 2.05) is 42.5 Å². The van der Waals surface area contributed by atoms with Crippen LogP contribution in [0.25, 0.3) is 0 Å². The van der Waals surface area contributed by atoms with Gasteiger partial charge in [-0.05, 0) is 45.8 Å². The molecule has 0 aliphatic heterocycles. The van der Waals surface area contributed by atoms with E-state index in [1.165, 1.54) is 0 Å². The average molecular weight is 362 g/mol. The smallest absolute Gasteiger partial charge is 0.252 e. The minimum Gasteiger partial charge on any atom is -0.497 e. The quantitative estimate of drug-likeness (QED) is 0.867. The second-order valence-electron chi connectivity index (χ2n) is 5.77. The van der Waals surface area contributed by atoms with Crippen LogP contribution in [0.4, 0.5) is 0 Å². The number of nitrogens with one attached hydrogen (secondary N) is 1. The Morgan fingerprint density at radius 1 is 1.14 bits per heavy atom. The Bertz CT molecular complexity index is 650. The van der Waals surface area contributed by atoms with Crippen LogP contribution in [0.5, 0.6) is 5.75 Å². The molecule has 1 amide bonds. The van der Waals surface area contributed by atoms with Crippen LogP contribution >= 0.6 is 15.9 Å². The fraction of sp³-hybridized carbons (Fsp3) is 0.278. The van der Waals surface area contributed by atoms with Crippen LogP contribution in [0.15, 0.2) is 53.0 Å². The van der Waals surface area contributed by atoms with E-state index in [-0.39, 0.29) is 11.3 Å². The van der Waals surface area contributed by atoms with Gasteiger partial charge in [0.15, 0.2) is 0 Å². The zero-order valence-electron chi connectivity index (χ0n) is 13.0. The number of ether oxygens (including phenoxy) is 1. The van der Waals surface area contributed by atoms with Crippen LogP contribution in [0.2, 0.25) is 0 Å². The third-order valence-electron chi connectivity index (χ3n) is 3.68. The predicted molar refractivity (Wildman–Crippen MR) is 92.5 cm³/mol. The van der Waals surface area contributed by atoms with Gasteiger partial charge in [-0.2, -0.15) is 0 Å². The van der Waals surface area contributed by atoms with Crippen molar-refractivity contribution in [3.05, 3.63) is 64.1 Å². The molecule has 0 aliphatic carbocycles. The molecule has 2 rings (SSSR count). The third-order valence-corrected chi connectivity index (χ3v) is 4.37. The Morgan fingerprint density at radius 3 is 2.36 bits per heavy atom. The van der Waals surface area contributed by atoms with Crippen molar-refractivity contribution in [3.63, 3.8) is 0 Å². The summed E-state index contributed by atoms with van der Waals surface area (Å²) in [4.78, 5) is 12.3. The van der Waals surface area contributed by atoms with Gasteiger partial charge in [-0.3, -0.25) is 4.79 Å². The fourth-order valence-electron chi connectivity index (χ4n) is 2.19. The molecule has 0 spiro atoms. The molecule has 0 atom stereocenters. The van der Waals surface area contributed by atoms with Gasteiger partial charge in [0, 0.05) is 16.4 Å². The molecule has 116 valence electrons. The summed E-state index contributed by atoms with van der Waals surface area (Å²) in [6.45, 7) is 4.77. The minimum absolute atomic E-state index is 0.0749. The Morgan fingerprint density at radius 2 is 1.77 bits per heavy atom. The highest BCUT2D eigenvalue weighted by Gasteiger charge is 2.22. The highest BCUT2D eigenvalue weighted by Crippen LogP contribution is 2.25. The van der Waals surface area contributed by atoms with E-state index in [0.29, 0.717) is 12.1 Å². The van der Waals surface area contributed by atoms with Gasteiger partial charge in [0.25, 0.3) is 5.91 Å². The van der Waals surface area contributed by atoms with E-state index in [2.05, 4.69) is 35.1 Å². The lowest BCUT2D eigenvalue weighted by atomic mass is 9.84. The van der Waals surface area contributed by atoms with Gasteiger partial charge >= 0.3 is 0 Å². The number of rotatable bonds is 5. The molecule has 3 nitrogen and oxygen atoms in total. The van der Waals surface area contributed by atoms with Crippen LogP contribution in [0.1, 0.15) is 29.8 Å². The second kappa shape index (κ2) is 6.97. The third kappa shape index (κ3) is 3.89. The summed E-state index contributed by atoms with van der Waals surface area (Å²) < 4.78 is 5.98. The van der Waals surface area contributed by atoms with Gasteiger partial charge < -0.3 is 10.1 Å². The van der Waals surface area contributed by atoms with E-state index in [1.54, 1.807) is 13.2 Å². The zero-order chi connectivity index (χ0) is 16.2. The van der Waals surface area contributed by atoms with Gasteiger partial charge in [0.2, 0.25) is 0 Å². The molecule has 0 saturated heterocycles. The molecule has 0 saturated carbocycles. The largest absolute Gasteiger partial charge is 0.497 e. The first-order chi connectivity index (χ1) is 10.4. The van der Waals surface area contributed by atoms with Crippen LogP contribution in [-0.4, -0.2) is 19.6 Å². The molecule has 0 fully saturated rings. The normalized spacial score (nSPS) is 11.1. The maximum Gasteiger partial charge on any atom is 0.252 e. The Balaban J connectivity index is 2.05. The second-order valence-corrected chi connectivity index (χ2v) is 6.63. The van der Waals surface area contributed by atoms with E-state index < -0.39 is 0 Å². The van der Waals surface area contributed by atoms with Crippen molar-refractivity contribution in [1.82, 2.24) is 5.32 Å². The van der Waals surface area contributed by atoms with Crippen molar-refractivity contribution >= 4 is 21.8 Å². The van der Waals surface area contributed by atoms with Crippen LogP contribution in [-0.2, 0) is 5.41 Å². The molecule has 0 unspecified atom stereocenters. The van der Waals surface area contributed by atoms with Gasteiger partial charge in [-0.25, -0.2) is 0 Å². The van der Waals surface area contributed by atoms with E-state index >= 15 is 0 Å². The maximum absolute atomic E-state index is 12.3. The number of hydrogen-bond acceptors (Lipinski definition) is 2. The molecule has 4 heteroatoms. The first kappa shape index (κ1) is 16.6. The lowest BCUT2D eigenvalue weighted by Gasteiger charge is -2.26. The van der Waals surface area contributed by atoms with Crippen molar-refractivity contribution in [3.8, 4) is 5.75 Å². The Kier molecular flexibility index (Phi) is 5.24. The summed E-state index contributed by atoms with van der Waals surface area (Å²) in [5.41, 5.74) is 1.64. The number of amides is 1. The SMILES string of the molecule is COc1ccc(C(C)(C)CNC(=O)c2ccccc2Br)cc1. The molecule has 0 radical (unpaired) electrons. The van der Waals surface area contributed by atoms with Gasteiger partial charge in [-0.1, -0.05) is 38.1 Å². The highest BCUT2D eigenvalue weighted by molar-refractivity contribution is 9.10. The van der Waals surface area contributed by atoms with Crippen molar-refractivity contribution in [2.75, 3.05) is 13.7 Å². The molecule has 0 heterocycles. The molecule has 2 aromatic carbocycles. The van der Waals surface area contributed by atoms with Crippen molar-refractivity contribution in [2.24, 2.45) is 0 Å². The van der Waals surface area contributed by atoms with E-state index in [9.17, 15) is 4.79 Å². The lowest BCUT2D eigenvalue weighted by Crippen LogP contribution is -2.36. The monoisotopic (exact) mass is 361 g/mol. The van der Waals surface area contributed by atoms with E-state index in [4.69, 9.17) is 4.74 Å². The summed E-state index contributed by atoms with van der Waals surface area (Å²) >= 11 is 3.40. The zero-order valence-corrected chi connectivity index (χ0v) is 14.6. The lowest BCUT2D eigenvalue weighted by molar-refractivity contribution is 0.0945. The predicted octanol–water partition coefficient (Wildman–Crippen LogP) is 4.17. The van der Waals surface area contributed by atoms with Crippen molar-refractivity contribution in [2.45, 2.75) is 19.3 Å². The topological polar surface area (TPSA) is 38.3 Å². The Labute approximate surface area is 139 Å². The molecule has 0 aliphatic rings.